The summed E-state index contributed by atoms with van der Waals surface area (Å²) in [6.45, 7) is 15.7. The van der Waals surface area contributed by atoms with E-state index in [9.17, 15) is 13.2 Å². The average Bonchev–Trinajstić information content (AvgIpc) is 2.69. The SMILES string of the molecule is CC[C@@H](CO[Si](C)(C)C(C)(C)C)Nc1cnc(-c2ccc(OC(F)(F)F)cc2OC)c(C)c1. The van der Waals surface area contributed by atoms with Crippen LogP contribution in [0.1, 0.15) is 39.7 Å². The van der Waals surface area contributed by atoms with Crippen LogP contribution < -0.4 is 14.8 Å². The third-order valence-electron chi connectivity index (χ3n) is 6.06. The molecule has 1 atom stereocenters. The van der Waals surface area contributed by atoms with Crippen LogP contribution in [0.3, 0.4) is 0 Å². The Morgan fingerprint density at radius 2 is 1.79 bits per heavy atom. The van der Waals surface area contributed by atoms with Gasteiger partial charge in [-0.25, -0.2) is 0 Å². The van der Waals surface area contributed by atoms with Gasteiger partial charge in [0, 0.05) is 17.7 Å². The normalized spacial score (nSPS) is 13.5. The maximum atomic E-state index is 12.5. The molecule has 2 rings (SSSR count). The maximum Gasteiger partial charge on any atom is 0.573 e. The van der Waals surface area contributed by atoms with Gasteiger partial charge in [-0.1, -0.05) is 27.7 Å². The molecule has 1 aromatic carbocycles. The Hall–Kier alpha value is -2.26. The minimum Gasteiger partial charge on any atom is -0.496 e. The topological polar surface area (TPSA) is 52.6 Å². The Bertz CT molecular complexity index is 944. The predicted octanol–water partition coefficient (Wildman–Crippen LogP) is 7.18. The summed E-state index contributed by atoms with van der Waals surface area (Å²) in [4.78, 5) is 4.56. The fourth-order valence-corrected chi connectivity index (χ4v) is 4.07. The molecule has 0 spiro atoms. The van der Waals surface area contributed by atoms with E-state index in [1.165, 1.54) is 25.3 Å². The maximum absolute atomic E-state index is 12.5. The van der Waals surface area contributed by atoms with Crippen LogP contribution in [-0.4, -0.2) is 39.4 Å². The number of aromatic nitrogens is 1. The summed E-state index contributed by atoms with van der Waals surface area (Å²) in [7, 11) is -0.447. The van der Waals surface area contributed by atoms with Crippen LogP contribution in [0.2, 0.25) is 18.1 Å². The molecule has 1 N–H and O–H groups in total. The van der Waals surface area contributed by atoms with Gasteiger partial charge in [-0.15, -0.1) is 13.2 Å². The standard InChI is InChI=1S/C24H35F3N2O3Si/c1-9-17(15-31-33(7,8)23(3,4)5)29-18-12-16(2)22(28-14-18)20-11-10-19(13-21(20)30-6)32-24(25,26)27/h10-14,17,29H,9,15H2,1-8H3/t17-/m0/s1. The van der Waals surface area contributed by atoms with Crippen LogP contribution in [0.5, 0.6) is 11.5 Å². The Kier molecular flexibility index (Phi) is 8.45. The number of benzene rings is 1. The van der Waals surface area contributed by atoms with Gasteiger partial charge in [-0.3, -0.25) is 4.98 Å². The number of pyridine rings is 1. The fraction of sp³-hybridized carbons (Fsp3) is 0.542. The molecule has 5 nitrogen and oxygen atoms in total. The lowest BCUT2D eigenvalue weighted by Crippen LogP contribution is -2.43. The third kappa shape index (κ3) is 7.36. The van der Waals surface area contributed by atoms with Crippen molar-refractivity contribution >= 4 is 14.0 Å². The highest BCUT2D eigenvalue weighted by Gasteiger charge is 2.37. The van der Waals surface area contributed by atoms with E-state index in [2.05, 4.69) is 55.8 Å². The van der Waals surface area contributed by atoms with E-state index in [0.29, 0.717) is 17.9 Å². The number of anilines is 1. The molecule has 2 aromatic rings. The third-order valence-corrected chi connectivity index (χ3v) is 10.6. The van der Waals surface area contributed by atoms with Crippen molar-refractivity contribution in [3.63, 3.8) is 0 Å². The lowest BCUT2D eigenvalue weighted by atomic mass is 10.0. The molecule has 0 saturated carbocycles. The van der Waals surface area contributed by atoms with Gasteiger partial charge in [0.15, 0.2) is 8.32 Å². The minimum atomic E-state index is -4.77. The van der Waals surface area contributed by atoms with Crippen LogP contribution in [0.25, 0.3) is 11.3 Å². The number of rotatable bonds is 9. The van der Waals surface area contributed by atoms with Crippen molar-refractivity contribution < 1.29 is 27.1 Å². The first kappa shape index (κ1) is 27.0. The number of ether oxygens (including phenoxy) is 2. The van der Waals surface area contributed by atoms with Crippen molar-refractivity contribution in [1.29, 1.82) is 0 Å². The summed E-state index contributed by atoms with van der Waals surface area (Å²) in [5, 5.41) is 3.64. The number of hydrogen-bond acceptors (Lipinski definition) is 5. The van der Waals surface area contributed by atoms with Crippen molar-refractivity contribution in [1.82, 2.24) is 4.98 Å². The van der Waals surface area contributed by atoms with E-state index in [4.69, 9.17) is 9.16 Å². The molecule has 1 aromatic heterocycles. The number of nitrogens with one attached hydrogen (secondary N) is 1. The second-order valence-corrected chi connectivity index (χ2v) is 14.4. The van der Waals surface area contributed by atoms with Gasteiger partial charge in [-0.2, -0.15) is 0 Å². The van der Waals surface area contributed by atoms with E-state index in [-0.39, 0.29) is 22.6 Å². The van der Waals surface area contributed by atoms with Crippen molar-refractivity contribution in [2.45, 2.75) is 71.6 Å². The Labute approximate surface area is 195 Å². The zero-order valence-corrected chi connectivity index (χ0v) is 21.7. The molecule has 0 aliphatic heterocycles. The van der Waals surface area contributed by atoms with Crippen LogP contribution in [0, 0.1) is 6.92 Å². The summed E-state index contributed by atoms with van der Waals surface area (Å²) < 4.78 is 53.2. The van der Waals surface area contributed by atoms with Crippen molar-refractivity contribution in [2.24, 2.45) is 0 Å². The Morgan fingerprint density at radius 1 is 1.12 bits per heavy atom. The molecule has 0 bridgehead atoms. The van der Waals surface area contributed by atoms with Crippen LogP contribution in [-0.2, 0) is 4.43 Å². The van der Waals surface area contributed by atoms with Gasteiger partial charge in [0.2, 0.25) is 0 Å². The highest BCUT2D eigenvalue weighted by molar-refractivity contribution is 6.74. The van der Waals surface area contributed by atoms with Gasteiger partial charge in [0.1, 0.15) is 11.5 Å². The zero-order chi connectivity index (χ0) is 25.0. The van der Waals surface area contributed by atoms with E-state index in [1.54, 1.807) is 6.20 Å². The fourth-order valence-electron chi connectivity index (χ4n) is 3.02. The highest BCUT2D eigenvalue weighted by Crippen LogP contribution is 2.37. The summed E-state index contributed by atoms with van der Waals surface area (Å²) >= 11 is 0. The Morgan fingerprint density at radius 3 is 2.30 bits per heavy atom. The number of methoxy groups -OCH3 is 1. The molecule has 0 aliphatic carbocycles. The lowest BCUT2D eigenvalue weighted by Gasteiger charge is -2.37. The first-order valence-electron chi connectivity index (χ1n) is 11.0. The summed E-state index contributed by atoms with van der Waals surface area (Å²) in [5.74, 6) is -0.0891. The number of halogens is 3. The van der Waals surface area contributed by atoms with Gasteiger partial charge < -0.3 is 19.2 Å². The average molecular weight is 485 g/mol. The molecule has 0 unspecified atom stereocenters. The molecule has 33 heavy (non-hydrogen) atoms. The van der Waals surface area contributed by atoms with E-state index in [0.717, 1.165) is 17.7 Å². The molecule has 0 radical (unpaired) electrons. The summed E-state index contributed by atoms with van der Waals surface area (Å²) in [6, 6.07) is 6.09. The molecule has 0 amide bonds. The second kappa shape index (κ2) is 10.3. The van der Waals surface area contributed by atoms with Crippen LogP contribution in [0.4, 0.5) is 18.9 Å². The zero-order valence-electron chi connectivity index (χ0n) is 20.7. The van der Waals surface area contributed by atoms with E-state index >= 15 is 0 Å². The minimum absolute atomic E-state index is 0.138. The lowest BCUT2D eigenvalue weighted by molar-refractivity contribution is -0.274. The number of aryl methyl sites for hydroxylation is 1. The molecule has 1 heterocycles. The van der Waals surface area contributed by atoms with E-state index in [1.807, 2.05) is 13.0 Å². The van der Waals surface area contributed by atoms with Crippen molar-refractivity contribution in [2.75, 3.05) is 19.0 Å². The smallest absolute Gasteiger partial charge is 0.496 e. The van der Waals surface area contributed by atoms with Crippen molar-refractivity contribution in [3.8, 4) is 22.8 Å². The summed E-state index contributed by atoms with van der Waals surface area (Å²) in [6.07, 6.45) is -2.15. The van der Waals surface area contributed by atoms with Crippen LogP contribution in [0.15, 0.2) is 30.5 Å². The van der Waals surface area contributed by atoms with Crippen LogP contribution >= 0.6 is 0 Å². The monoisotopic (exact) mass is 484 g/mol. The first-order chi connectivity index (χ1) is 15.2. The largest absolute Gasteiger partial charge is 0.573 e. The number of hydrogen-bond donors (Lipinski definition) is 1. The molecule has 0 aliphatic rings. The molecular formula is C24H35F3N2O3Si. The van der Waals surface area contributed by atoms with E-state index < -0.39 is 14.7 Å². The van der Waals surface area contributed by atoms with Crippen molar-refractivity contribution in [3.05, 3.63) is 36.0 Å². The highest BCUT2D eigenvalue weighted by atomic mass is 28.4. The van der Waals surface area contributed by atoms with Gasteiger partial charge >= 0.3 is 6.36 Å². The molecule has 9 heteroatoms. The number of nitrogens with zero attached hydrogens (tertiary/aromatic N) is 1. The molecule has 184 valence electrons. The summed E-state index contributed by atoms with van der Waals surface area (Å²) in [5.41, 5.74) is 2.94. The quantitative estimate of drug-likeness (QED) is 0.382. The first-order valence-corrected chi connectivity index (χ1v) is 13.9. The molecular weight excluding hydrogens is 449 g/mol. The Balaban J connectivity index is 2.19. The van der Waals surface area contributed by atoms with Gasteiger partial charge in [0.25, 0.3) is 0 Å². The predicted molar refractivity (Wildman–Crippen MR) is 128 cm³/mol. The number of alkyl halides is 3. The second-order valence-electron chi connectivity index (χ2n) is 9.62. The van der Waals surface area contributed by atoms with Gasteiger partial charge in [0.05, 0.1) is 31.3 Å². The molecule has 0 fully saturated rings. The molecule has 0 saturated heterocycles. The van der Waals surface area contributed by atoms with Gasteiger partial charge in [-0.05, 0) is 55.2 Å².